The maximum absolute atomic E-state index is 13.8. The Kier molecular flexibility index (Phi) is 7.76. The third kappa shape index (κ3) is 5.73. The summed E-state index contributed by atoms with van der Waals surface area (Å²) in [5.41, 5.74) is 1.11. The number of rotatable bonds is 6. The van der Waals surface area contributed by atoms with Gasteiger partial charge < -0.3 is 14.6 Å². The molecule has 0 radical (unpaired) electrons. The predicted octanol–water partition coefficient (Wildman–Crippen LogP) is 0.617. The summed E-state index contributed by atoms with van der Waals surface area (Å²) in [6.45, 7) is -0.113. The van der Waals surface area contributed by atoms with Crippen LogP contribution >= 0.6 is 22.9 Å². The molecule has 0 aliphatic carbocycles. The second kappa shape index (κ2) is 9.61. The Balaban J connectivity index is 0.00000261. The van der Waals surface area contributed by atoms with E-state index in [-0.39, 0.29) is 48.1 Å². The minimum atomic E-state index is -1.23. The van der Waals surface area contributed by atoms with Gasteiger partial charge >= 0.3 is 29.6 Å². The molecule has 0 amide bonds. The van der Waals surface area contributed by atoms with Gasteiger partial charge in [0.1, 0.15) is 29.0 Å². The normalized spacial score (nSPS) is 10.3. The molecule has 3 rings (SSSR count). The number of hydrogen-bond acceptors (Lipinski definition) is 5. The fraction of sp³-hybridized carbons (Fsp3) is 0.111. The first-order valence-electron chi connectivity index (χ1n) is 7.43. The number of nitrogens with zero attached hydrogens (tertiary/aromatic N) is 1. The minimum Gasteiger partial charge on any atom is -0.550 e. The fourth-order valence-electron chi connectivity index (χ4n) is 2.25. The van der Waals surface area contributed by atoms with Gasteiger partial charge in [0.15, 0.2) is 0 Å². The maximum Gasteiger partial charge on any atom is 1.00 e. The number of aliphatic carboxylic acids is 1. The molecule has 1 heterocycles. The number of hydrogen-bond donors (Lipinski definition) is 0. The first kappa shape index (κ1) is 21.8. The molecule has 0 aliphatic heterocycles. The molecule has 0 spiro atoms. The van der Waals surface area contributed by atoms with E-state index in [1.165, 1.54) is 17.4 Å². The van der Waals surface area contributed by atoms with Crippen LogP contribution in [0.3, 0.4) is 0 Å². The van der Waals surface area contributed by atoms with E-state index >= 15 is 0 Å². The number of halogens is 3. The first-order valence-corrected chi connectivity index (χ1v) is 8.69. The zero-order chi connectivity index (χ0) is 18.7. The predicted molar refractivity (Wildman–Crippen MR) is 92.0 cm³/mol. The zero-order valence-corrected chi connectivity index (χ0v) is 17.7. The van der Waals surface area contributed by atoms with Crippen molar-refractivity contribution in [1.29, 1.82) is 0 Å². The summed E-state index contributed by atoms with van der Waals surface area (Å²) in [5, 5.41) is 13.3. The Hall–Kier alpha value is -1.51. The van der Waals surface area contributed by atoms with Gasteiger partial charge in [-0.05, 0) is 30.3 Å². The third-order valence-electron chi connectivity index (χ3n) is 3.45. The van der Waals surface area contributed by atoms with Crippen LogP contribution in [0.5, 0.6) is 5.75 Å². The van der Waals surface area contributed by atoms with Crippen molar-refractivity contribution in [3.8, 4) is 16.3 Å². The van der Waals surface area contributed by atoms with E-state index in [2.05, 4.69) is 4.98 Å². The number of aromatic nitrogens is 1. The fourth-order valence-corrected chi connectivity index (χ4v) is 3.26. The van der Waals surface area contributed by atoms with Crippen LogP contribution in [0.25, 0.3) is 10.6 Å². The van der Waals surface area contributed by atoms with Crippen molar-refractivity contribution in [2.24, 2.45) is 0 Å². The summed E-state index contributed by atoms with van der Waals surface area (Å²) in [7, 11) is 0. The molecule has 0 unspecified atom stereocenters. The van der Waals surface area contributed by atoms with Gasteiger partial charge in [-0.1, -0.05) is 11.6 Å². The number of carboxylic acid groups (broad SMARTS) is 1. The molecule has 4 nitrogen and oxygen atoms in total. The molecule has 0 bridgehead atoms. The Morgan fingerprint density at radius 1 is 1.22 bits per heavy atom. The van der Waals surface area contributed by atoms with Gasteiger partial charge in [-0.3, -0.25) is 0 Å². The van der Waals surface area contributed by atoms with E-state index in [0.717, 1.165) is 12.1 Å². The molecule has 9 heteroatoms. The van der Waals surface area contributed by atoms with Gasteiger partial charge in [-0.2, -0.15) is 0 Å². The topological polar surface area (TPSA) is 62.2 Å². The van der Waals surface area contributed by atoms with Crippen molar-refractivity contribution < 1.29 is 53.0 Å². The van der Waals surface area contributed by atoms with Crippen LogP contribution in [0, 0.1) is 11.6 Å². The molecule has 0 fully saturated rings. The van der Waals surface area contributed by atoms with Gasteiger partial charge in [-0.15, -0.1) is 11.3 Å². The van der Waals surface area contributed by atoms with Crippen molar-refractivity contribution in [2.75, 3.05) is 0 Å². The van der Waals surface area contributed by atoms with E-state index in [1.54, 1.807) is 23.6 Å². The monoisotopic (exact) mass is 417 g/mol. The molecule has 0 N–H and O–H groups in total. The third-order valence-corrected chi connectivity index (χ3v) is 4.61. The van der Waals surface area contributed by atoms with Crippen molar-refractivity contribution in [3.63, 3.8) is 0 Å². The minimum absolute atomic E-state index is 0. The average molecular weight is 418 g/mol. The van der Waals surface area contributed by atoms with Crippen molar-refractivity contribution in [2.45, 2.75) is 13.0 Å². The SMILES string of the molecule is O=C([O-])Cc1csc(-c2cc(Cl)ccc2OCc2ccc(F)cc2F)n1.[Na+]. The molecule has 0 saturated carbocycles. The Morgan fingerprint density at radius 3 is 2.70 bits per heavy atom. The van der Waals surface area contributed by atoms with Gasteiger partial charge in [0, 0.05) is 34.4 Å². The molecule has 2 aromatic carbocycles. The van der Waals surface area contributed by atoms with E-state index < -0.39 is 17.6 Å². The molecule has 134 valence electrons. The number of carbonyl (C=O) groups excluding carboxylic acids is 1. The number of thiazole rings is 1. The van der Waals surface area contributed by atoms with Gasteiger partial charge in [0.2, 0.25) is 0 Å². The van der Waals surface area contributed by atoms with Crippen LogP contribution in [-0.4, -0.2) is 11.0 Å². The summed E-state index contributed by atoms with van der Waals surface area (Å²) >= 11 is 7.26. The number of carbonyl (C=O) groups is 1. The zero-order valence-electron chi connectivity index (χ0n) is 14.2. The number of ether oxygens (including phenoxy) is 1. The van der Waals surface area contributed by atoms with Crippen LogP contribution in [0.2, 0.25) is 5.02 Å². The quantitative estimate of drug-likeness (QED) is 0.552. The van der Waals surface area contributed by atoms with E-state index in [0.29, 0.717) is 27.0 Å². The van der Waals surface area contributed by atoms with Crippen molar-refractivity contribution >= 4 is 28.9 Å². The molecule has 0 saturated heterocycles. The second-order valence-electron chi connectivity index (χ2n) is 5.36. The second-order valence-corrected chi connectivity index (χ2v) is 6.65. The smallest absolute Gasteiger partial charge is 0.550 e. The Morgan fingerprint density at radius 2 is 2.00 bits per heavy atom. The first-order chi connectivity index (χ1) is 12.4. The van der Waals surface area contributed by atoms with Crippen LogP contribution in [0.4, 0.5) is 8.78 Å². The molecule has 1 aromatic heterocycles. The van der Waals surface area contributed by atoms with E-state index in [4.69, 9.17) is 16.3 Å². The van der Waals surface area contributed by atoms with Crippen LogP contribution < -0.4 is 39.4 Å². The van der Waals surface area contributed by atoms with Crippen LogP contribution in [0.1, 0.15) is 11.3 Å². The molecular formula is C18H11ClF2NNaO3S. The molecule has 3 aromatic rings. The Labute approximate surface area is 185 Å². The largest absolute Gasteiger partial charge is 1.00 e. The maximum atomic E-state index is 13.8. The van der Waals surface area contributed by atoms with Crippen molar-refractivity contribution in [1.82, 2.24) is 4.98 Å². The molecular weight excluding hydrogens is 407 g/mol. The summed E-state index contributed by atoms with van der Waals surface area (Å²) in [4.78, 5) is 14.9. The van der Waals surface area contributed by atoms with E-state index in [9.17, 15) is 18.7 Å². The average Bonchev–Trinajstić information content (AvgIpc) is 3.02. The van der Waals surface area contributed by atoms with Crippen LogP contribution in [0.15, 0.2) is 41.8 Å². The van der Waals surface area contributed by atoms with Gasteiger partial charge in [-0.25, -0.2) is 13.8 Å². The summed E-state index contributed by atoms with van der Waals surface area (Å²) in [5.74, 6) is -2.20. The van der Waals surface area contributed by atoms with Gasteiger partial charge in [0.25, 0.3) is 0 Å². The Bertz CT molecular complexity index is 968. The van der Waals surface area contributed by atoms with Crippen molar-refractivity contribution in [3.05, 3.63) is 69.7 Å². The number of carboxylic acids is 1. The summed E-state index contributed by atoms with van der Waals surface area (Å²) < 4.78 is 32.4. The molecule has 0 aliphatic rings. The summed E-state index contributed by atoms with van der Waals surface area (Å²) in [6, 6.07) is 8.09. The van der Waals surface area contributed by atoms with E-state index in [1.807, 2.05) is 0 Å². The molecule has 27 heavy (non-hydrogen) atoms. The summed E-state index contributed by atoms with van der Waals surface area (Å²) in [6.07, 6.45) is -0.298. The van der Waals surface area contributed by atoms with Crippen LogP contribution in [-0.2, 0) is 17.8 Å². The van der Waals surface area contributed by atoms with Gasteiger partial charge in [0.05, 0.1) is 11.3 Å². The number of benzene rings is 2. The molecule has 0 atom stereocenters. The standard InChI is InChI=1S/C18H12ClF2NO3S.Na/c19-11-2-4-16(25-8-10-1-3-12(20)6-15(10)21)14(5-11)18-22-13(9-26-18)7-17(23)24;/h1-6,9H,7-8H2,(H,23,24);/q;+1/p-1.